The van der Waals surface area contributed by atoms with Crippen molar-refractivity contribution in [2.24, 2.45) is 0 Å². The molecule has 0 saturated carbocycles. The first kappa shape index (κ1) is 20.4. The first-order chi connectivity index (χ1) is 13.4. The molecule has 8 nitrogen and oxygen atoms in total. The Labute approximate surface area is 164 Å². The molecule has 1 heterocycles. The Hall–Kier alpha value is -2.33. The molecule has 0 aromatic heterocycles. The number of benzene rings is 2. The lowest BCUT2D eigenvalue weighted by Crippen LogP contribution is -2.43. The third-order valence-corrected chi connectivity index (χ3v) is 6.45. The number of nitrogens with one attached hydrogen (secondary N) is 1. The molecule has 0 unspecified atom stereocenters. The lowest BCUT2D eigenvalue weighted by atomic mass is 10.1. The van der Waals surface area contributed by atoms with Crippen LogP contribution in [0.3, 0.4) is 0 Å². The fraction of sp³-hybridized carbons (Fsp3) is 0.368. The van der Waals surface area contributed by atoms with E-state index in [4.69, 9.17) is 4.74 Å². The highest BCUT2D eigenvalue weighted by atomic mass is 32.2. The van der Waals surface area contributed by atoms with E-state index in [-0.39, 0.29) is 28.7 Å². The van der Waals surface area contributed by atoms with Crippen LogP contribution in [0.15, 0.2) is 53.4 Å². The summed E-state index contributed by atoms with van der Waals surface area (Å²) in [5.41, 5.74) is 0.918. The molecule has 0 spiro atoms. The molecule has 9 heteroatoms. The molecule has 1 saturated heterocycles. The zero-order valence-electron chi connectivity index (χ0n) is 15.6. The third kappa shape index (κ3) is 4.56. The van der Waals surface area contributed by atoms with Crippen molar-refractivity contribution in [3.63, 3.8) is 0 Å². The van der Waals surface area contributed by atoms with Crippen LogP contribution >= 0.6 is 0 Å². The van der Waals surface area contributed by atoms with Crippen molar-refractivity contribution in [1.82, 2.24) is 9.62 Å². The number of sulfonamides is 1. The van der Waals surface area contributed by atoms with Crippen molar-refractivity contribution in [3.8, 4) is 0 Å². The van der Waals surface area contributed by atoms with E-state index in [1.165, 1.54) is 25.1 Å². The van der Waals surface area contributed by atoms with Gasteiger partial charge in [0.2, 0.25) is 10.0 Å². The monoisotopic (exact) mass is 405 g/mol. The summed E-state index contributed by atoms with van der Waals surface area (Å²) in [7, 11) is -3.90. The van der Waals surface area contributed by atoms with Crippen molar-refractivity contribution >= 4 is 15.7 Å². The SMILES string of the molecule is Cc1c([N+](=O)[O-])cccc1S(=O)(=O)NC[C@H](c1ccccc1)N1CCOCC1. The molecule has 1 aliphatic rings. The number of nitrogens with zero attached hydrogens (tertiary/aromatic N) is 2. The van der Waals surface area contributed by atoms with Gasteiger partial charge in [-0.2, -0.15) is 0 Å². The van der Waals surface area contributed by atoms with Crippen LogP contribution in [0.4, 0.5) is 5.69 Å². The van der Waals surface area contributed by atoms with Gasteiger partial charge in [-0.25, -0.2) is 13.1 Å². The highest BCUT2D eigenvalue weighted by Gasteiger charge is 2.27. The summed E-state index contributed by atoms with van der Waals surface area (Å²) in [5.74, 6) is 0. The van der Waals surface area contributed by atoms with E-state index in [2.05, 4.69) is 9.62 Å². The van der Waals surface area contributed by atoms with Gasteiger partial charge in [0, 0.05) is 37.3 Å². The van der Waals surface area contributed by atoms with Crippen molar-refractivity contribution < 1.29 is 18.1 Å². The van der Waals surface area contributed by atoms with Crippen molar-refractivity contribution in [3.05, 3.63) is 69.8 Å². The Morgan fingerprint density at radius 3 is 2.46 bits per heavy atom. The summed E-state index contributed by atoms with van der Waals surface area (Å²) < 4.78 is 33.8. The van der Waals surface area contributed by atoms with Crippen molar-refractivity contribution in [1.29, 1.82) is 0 Å². The summed E-state index contributed by atoms with van der Waals surface area (Å²) >= 11 is 0. The second kappa shape index (κ2) is 8.78. The second-order valence-corrected chi connectivity index (χ2v) is 8.32. The zero-order valence-corrected chi connectivity index (χ0v) is 16.4. The molecule has 1 fully saturated rings. The van der Waals surface area contributed by atoms with Crippen LogP contribution < -0.4 is 4.72 Å². The van der Waals surface area contributed by atoms with Crippen LogP contribution in [0.1, 0.15) is 17.2 Å². The maximum atomic E-state index is 12.9. The molecule has 0 radical (unpaired) electrons. The van der Waals surface area contributed by atoms with E-state index in [1.807, 2.05) is 30.3 Å². The van der Waals surface area contributed by atoms with Gasteiger partial charge in [-0.1, -0.05) is 36.4 Å². The van der Waals surface area contributed by atoms with Crippen LogP contribution in [-0.2, 0) is 14.8 Å². The minimum Gasteiger partial charge on any atom is -0.379 e. The van der Waals surface area contributed by atoms with Gasteiger partial charge in [-0.3, -0.25) is 15.0 Å². The van der Waals surface area contributed by atoms with E-state index in [1.54, 1.807) is 0 Å². The van der Waals surface area contributed by atoms with Gasteiger partial charge in [0.15, 0.2) is 0 Å². The summed E-state index contributed by atoms with van der Waals surface area (Å²) in [6, 6.07) is 13.6. The summed E-state index contributed by atoms with van der Waals surface area (Å²) in [6.07, 6.45) is 0. The molecule has 1 atom stereocenters. The first-order valence-corrected chi connectivity index (χ1v) is 10.5. The van der Waals surface area contributed by atoms with Crippen molar-refractivity contribution in [2.75, 3.05) is 32.8 Å². The molecular weight excluding hydrogens is 382 g/mol. The van der Waals surface area contributed by atoms with Crippen molar-refractivity contribution in [2.45, 2.75) is 17.9 Å². The Bertz CT molecular complexity index is 928. The average molecular weight is 405 g/mol. The van der Waals surface area contributed by atoms with E-state index in [0.29, 0.717) is 26.3 Å². The molecule has 1 N–H and O–H groups in total. The van der Waals surface area contributed by atoms with Gasteiger partial charge in [-0.05, 0) is 18.6 Å². The van der Waals surface area contributed by atoms with Crippen LogP contribution in [0.2, 0.25) is 0 Å². The van der Waals surface area contributed by atoms with Gasteiger partial charge in [0.1, 0.15) is 0 Å². The molecule has 2 aromatic carbocycles. The lowest BCUT2D eigenvalue weighted by Gasteiger charge is -2.34. The van der Waals surface area contributed by atoms with Crippen LogP contribution in [0.5, 0.6) is 0 Å². The summed E-state index contributed by atoms with van der Waals surface area (Å²) in [5, 5.41) is 11.1. The maximum absolute atomic E-state index is 12.9. The molecule has 150 valence electrons. The van der Waals surface area contributed by atoms with Gasteiger partial charge < -0.3 is 4.74 Å². The van der Waals surface area contributed by atoms with E-state index in [0.717, 1.165) is 5.56 Å². The first-order valence-electron chi connectivity index (χ1n) is 9.00. The Morgan fingerprint density at radius 1 is 1.14 bits per heavy atom. The third-order valence-electron chi connectivity index (χ3n) is 4.88. The van der Waals surface area contributed by atoms with Gasteiger partial charge in [-0.15, -0.1) is 0 Å². The Kier molecular flexibility index (Phi) is 6.40. The van der Waals surface area contributed by atoms with Gasteiger partial charge in [0.05, 0.1) is 23.0 Å². The Morgan fingerprint density at radius 2 is 1.82 bits per heavy atom. The largest absolute Gasteiger partial charge is 0.379 e. The second-order valence-electron chi connectivity index (χ2n) is 6.58. The smallest absolute Gasteiger partial charge is 0.273 e. The van der Waals surface area contributed by atoms with E-state index >= 15 is 0 Å². The number of ether oxygens (including phenoxy) is 1. The average Bonchev–Trinajstić information content (AvgIpc) is 2.69. The number of rotatable bonds is 7. The normalized spacial score (nSPS) is 16.6. The highest BCUT2D eigenvalue weighted by molar-refractivity contribution is 7.89. The minimum absolute atomic E-state index is 0.0736. The van der Waals surface area contributed by atoms with Crippen LogP contribution in [0, 0.1) is 17.0 Å². The summed E-state index contributed by atoms with van der Waals surface area (Å²) in [6.45, 7) is 4.21. The predicted molar refractivity (Wildman–Crippen MR) is 105 cm³/mol. The molecule has 2 aromatic rings. The molecule has 0 bridgehead atoms. The minimum atomic E-state index is -3.90. The fourth-order valence-corrected chi connectivity index (χ4v) is 4.68. The topological polar surface area (TPSA) is 102 Å². The number of nitro groups is 1. The fourth-order valence-electron chi connectivity index (χ4n) is 3.38. The highest BCUT2D eigenvalue weighted by Crippen LogP contribution is 2.26. The maximum Gasteiger partial charge on any atom is 0.273 e. The number of nitro benzene ring substituents is 1. The molecule has 28 heavy (non-hydrogen) atoms. The standard InChI is InChI=1S/C19H23N3O5S/c1-15-17(22(23)24)8-5-9-19(15)28(25,26)20-14-18(16-6-3-2-4-7-16)21-10-12-27-13-11-21/h2-9,18,20H,10-14H2,1H3/t18-/m1/s1. The van der Waals surface area contributed by atoms with E-state index in [9.17, 15) is 18.5 Å². The lowest BCUT2D eigenvalue weighted by molar-refractivity contribution is -0.385. The van der Waals surface area contributed by atoms with Crippen LogP contribution in [-0.4, -0.2) is 51.1 Å². The Balaban J connectivity index is 1.84. The van der Waals surface area contributed by atoms with Gasteiger partial charge in [0.25, 0.3) is 5.69 Å². The van der Waals surface area contributed by atoms with Crippen LogP contribution in [0.25, 0.3) is 0 Å². The number of hydrogen-bond acceptors (Lipinski definition) is 6. The molecule has 0 amide bonds. The van der Waals surface area contributed by atoms with E-state index < -0.39 is 14.9 Å². The van der Waals surface area contributed by atoms with Gasteiger partial charge >= 0.3 is 0 Å². The summed E-state index contributed by atoms with van der Waals surface area (Å²) in [4.78, 5) is 12.7. The number of hydrogen-bond donors (Lipinski definition) is 1. The predicted octanol–water partition coefficient (Wildman–Crippen LogP) is 2.26. The molecule has 1 aliphatic heterocycles. The number of morpholine rings is 1. The molecular formula is C19H23N3O5S. The molecule has 0 aliphatic carbocycles. The zero-order chi connectivity index (χ0) is 20.1. The molecule has 3 rings (SSSR count). The quantitative estimate of drug-likeness (QED) is 0.560.